The molecule has 1 aromatic heterocycles. The van der Waals surface area contributed by atoms with E-state index in [2.05, 4.69) is 5.32 Å². The fraction of sp³-hybridized carbons (Fsp3) is 0.682. The summed E-state index contributed by atoms with van der Waals surface area (Å²) in [5, 5.41) is 3.31. The van der Waals surface area contributed by atoms with Crippen molar-refractivity contribution in [1.29, 1.82) is 0 Å². The van der Waals surface area contributed by atoms with E-state index < -0.39 is 11.9 Å². The molecule has 1 amide bonds. The van der Waals surface area contributed by atoms with Crippen LogP contribution < -0.4 is 5.32 Å². The standard InChI is InChI=1S/C22H31NO5S/c1-3-27-21(25)17-14(2)18(22(26)28-16-12-8-5-9-13-16)29-20(17)23-19(24)15-10-6-4-7-11-15/h15-16H,3-13H2,1-2H3,(H,23,24). The summed E-state index contributed by atoms with van der Waals surface area (Å²) < 4.78 is 10.9. The second-order valence-corrected chi connectivity index (χ2v) is 8.99. The summed E-state index contributed by atoms with van der Waals surface area (Å²) in [5.41, 5.74) is 0.796. The Labute approximate surface area is 176 Å². The number of esters is 2. The third-order valence-corrected chi connectivity index (χ3v) is 7.04. The molecule has 7 heteroatoms. The van der Waals surface area contributed by atoms with Crippen LogP contribution in [0.1, 0.15) is 96.7 Å². The van der Waals surface area contributed by atoms with Gasteiger partial charge in [0.15, 0.2) is 0 Å². The van der Waals surface area contributed by atoms with Gasteiger partial charge >= 0.3 is 11.9 Å². The molecule has 2 aliphatic carbocycles. The zero-order valence-corrected chi connectivity index (χ0v) is 18.2. The van der Waals surface area contributed by atoms with Gasteiger partial charge in [-0.3, -0.25) is 4.79 Å². The Kier molecular flexibility index (Phi) is 7.70. The van der Waals surface area contributed by atoms with Crippen molar-refractivity contribution in [2.45, 2.75) is 84.2 Å². The normalized spacial score (nSPS) is 18.3. The maximum Gasteiger partial charge on any atom is 0.348 e. The predicted molar refractivity (Wildman–Crippen MR) is 113 cm³/mol. The van der Waals surface area contributed by atoms with Crippen LogP contribution in [0.15, 0.2) is 0 Å². The van der Waals surface area contributed by atoms with Crippen LogP contribution in [-0.2, 0) is 14.3 Å². The van der Waals surface area contributed by atoms with Gasteiger partial charge in [-0.25, -0.2) is 9.59 Å². The zero-order chi connectivity index (χ0) is 20.8. The molecule has 0 aromatic carbocycles. The topological polar surface area (TPSA) is 81.7 Å². The fourth-order valence-corrected chi connectivity index (χ4v) is 5.29. The quantitative estimate of drug-likeness (QED) is 0.635. The van der Waals surface area contributed by atoms with Crippen LogP contribution in [-0.4, -0.2) is 30.6 Å². The van der Waals surface area contributed by atoms with Gasteiger partial charge in [-0.2, -0.15) is 0 Å². The highest BCUT2D eigenvalue weighted by Gasteiger charge is 2.30. The van der Waals surface area contributed by atoms with Crippen LogP contribution >= 0.6 is 11.3 Å². The number of hydrogen-bond donors (Lipinski definition) is 1. The predicted octanol–water partition coefficient (Wildman–Crippen LogP) is 5.24. The van der Waals surface area contributed by atoms with E-state index in [1.54, 1.807) is 13.8 Å². The molecule has 0 bridgehead atoms. The second-order valence-electron chi connectivity index (χ2n) is 7.97. The average Bonchev–Trinajstić information content (AvgIpc) is 3.05. The van der Waals surface area contributed by atoms with Crippen molar-refractivity contribution in [2.75, 3.05) is 11.9 Å². The fourth-order valence-electron chi connectivity index (χ4n) is 4.21. The molecule has 0 atom stereocenters. The van der Waals surface area contributed by atoms with Gasteiger partial charge in [-0.05, 0) is 57.9 Å². The SMILES string of the molecule is CCOC(=O)c1c(NC(=O)C2CCCCC2)sc(C(=O)OC2CCCCC2)c1C. The number of rotatable bonds is 6. The Morgan fingerprint density at radius 3 is 2.21 bits per heavy atom. The molecule has 0 unspecified atom stereocenters. The third kappa shape index (κ3) is 5.38. The average molecular weight is 422 g/mol. The van der Waals surface area contributed by atoms with Gasteiger partial charge in [0.2, 0.25) is 5.91 Å². The van der Waals surface area contributed by atoms with Gasteiger partial charge in [-0.1, -0.05) is 25.7 Å². The molecule has 3 rings (SSSR count). The molecule has 2 aliphatic rings. The highest BCUT2D eigenvalue weighted by atomic mass is 32.1. The lowest BCUT2D eigenvalue weighted by molar-refractivity contribution is -0.120. The summed E-state index contributed by atoms with van der Waals surface area (Å²) in [6.07, 6.45) is 9.99. The van der Waals surface area contributed by atoms with Crippen LogP contribution in [0.2, 0.25) is 0 Å². The number of ether oxygens (including phenoxy) is 2. The minimum Gasteiger partial charge on any atom is -0.462 e. The number of amides is 1. The van der Waals surface area contributed by atoms with Crippen molar-refractivity contribution >= 4 is 34.2 Å². The highest BCUT2D eigenvalue weighted by molar-refractivity contribution is 7.18. The van der Waals surface area contributed by atoms with E-state index in [0.29, 0.717) is 15.4 Å². The first kappa shape index (κ1) is 21.8. The first-order valence-corrected chi connectivity index (χ1v) is 11.6. The van der Waals surface area contributed by atoms with Crippen LogP contribution in [0.4, 0.5) is 5.00 Å². The molecule has 2 fully saturated rings. The van der Waals surface area contributed by atoms with Gasteiger partial charge in [-0.15, -0.1) is 11.3 Å². The van der Waals surface area contributed by atoms with Crippen LogP contribution in [0.25, 0.3) is 0 Å². The van der Waals surface area contributed by atoms with E-state index in [-0.39, 0.29) is 30.1 Å². The van der Waals surface area contributed by atoms with Crippen molar-refractivity contribution in [1.82, 2.24) is 0 Å². The van der Waals surface area contributed by atoms with E-state index in [1.807, 2.05) is 0 Å². The number of carbonyl (C=O) groups excluding carboxylic acids is 3. The molecule has 160 valence electrons. The minimum atomic E-state index is -0.517. The Morgan fingerprint density at radius 1 is 0.966 bits per heavy atom. The Hall–Kier alpha value is -1.89. The van der Waals surface area contributed by atoms with Crippen LogP contribution in [0, 0.1) is 12.8 Å². The second kappa shape index (κ2) is 10.2. The molecule has 1 N–H and O–H groups in total. The summed E-state index contributed by atoms with van der Waals surface area (Å²) in [6.45, 7) is 3.68. The summed E-state index contributed by atoms with van der Waals surface area (Å²) in [7, 11) is 0. The molecular weight excluding hydrogens is 390 g/mol. The van der Waals surface area contributed by atoms with Gasteiger partial charge in [0.1, 0.15) is 16.0 Å². The summed E-state index contributed by atoms with van der Waals surface area (Å²) in [4.78, 5) is 38.4. The Morgan fingerprint density at radius 2 is 1.59 bits per heavy atom. The maximum absolute atomic E-state index is 12.8. The van der Waals surface area contributed by atoms with Crippen molar-refractivity contribution in [3.05, 3.63) is 16.0 Å². The van der Waals surface area contributed by atoms with Gasteiger partial charge in [0, 0.05) is 5.92 Å². The molecule has 2 saturated carbocycles. The van der Waals surface area contributed by atoms with Crippen molar-refractivity contribution < 1.29 is 23.9 Å². The number of hydrogen-bond acceptors (Lipinski definition) is 6. The van der Waals surface area contributed by atoms with E-state index in [1.165, 1.54) is 6.42 Å². The van der Waals surface area contributed by atoms with Crippen LogP contribution in [0.3, 0.4) is 0 Å². The summed E-state index contributed by atoms with van der Waals surface area (Å²) >= 11 is 1.12. The first-order chi connectivity index (χ1) is 14.0. The summed E-state index contributed by atoms with van der Waals surface area (Å²) in [5.74, 6) is -1.05. The number of carbonyl (C=O) groups is 3. The lowest BCUT2D eigenvalue weighted by atomic mass is 9.89. The first-order valence-electron chi connectivity index (χ1n) is 10.8. The molecule has 0 aliphatic heterocycles. The van der Waals surface area contributed by atoms with Crippen molar-refractivity contribution in [3.63, 3.8) is 0 Å². The molecule has 1 aromatic rings. The molecule has 0 saturated heterocycles. The molecule has 29 heavy (non-hydrogen) atoms. The van der Waals surface area contributed by atoms with E-state index in [4.69, 9.17) is 9.47 Å². The van der Waals surface area contributed by atoms with E-state index in [9.17, 15) is 14.4 Å². The van der Waals surface area contributed by atoms with Gasteiger partial charge in [0.05, 0.1) is 12.2 Å². The van der Waals surface area contributed by atoms with Crippen LogP contribution in [0.5, 0.6) is 0 Å². The smallest absolute Gasteiger partial charge is 0.348 e. The zero-order valence-electron chi connectivity index (χ0n) is 17.4. The maximum atomic E-state index is 12.8. The lowest BCUT2D eigenvalue weighted by Crippen LogP contribution is -2.25. The number of thiophene rings is 1. The van der Waals surface area contributed by atoms with E-state index in [0.717, 1.165) is 69.1 Å². The molecule has 0 radical (unpaired) electrons. The molecular formula is C22H31NO5S. The molecule has 0 spiro atoms. The summed E-state index contributed by atoms with van der Waals surface area (Å²) in [6, 6.07) is 0. The number of anilines is 1. The monoisotopic (exact) mass is 421 g/mol. The van der Waals surface area contributed by atoms with Gasteiger partial charge in [0.25, 0.3) is 0 Å². The van der Waals surface area contributed by atoms with Crippen molar-refractivity contribution in [3.8, 4) is 0 Å². The van der Waals surface area contributed by atoms with Gasteiger partial charge < -0.3 is 14.8 Å². The number of nitrogens with one attached hydrogen (secondary N) is 1. The Bertz CT molecular complexity index is 745. The van der Waals surface area contributed by atoms with E-state index >= 15 is 0 Å². The minimum absolute atomic E-state index is 0.0427. The molecule has 6 nitrogen and oxygen atoms in total. The van der Waals surface area contributed by atoms with Crippen molar-refractivity contribution in [2.24, 2.45) is 5.92 Å². The Balaban J connectivity index is 1.81. The lowest BCUT2D eigenvalue weighted by Gasteiger charge is -2.21. The molecule has 1 heterocycles. The largest absolute Gasteiger partial charge is 0.462 e. The third-order valence-electron chi connectivity index (χ3n) is 5.85. The highest BCUT2D eigenvalue weighted by Crippen LogP contribution is 2.36.